The van der Waals surface area contributed by atoms with E-state index in [2.05, 4.69) is 43.7 Å². The molecule has 4 nitrogen and oxygen atoms in total. The molecule has 0 radical (unpaired) electrons. The molecule has 2 aromatic rings. The van der Waals surface area contributed by atoms with Gasteiger partial charge in [0, 0.05) is 34.7 Å². The number of nitrogens with one attached hydrogen (secondary N) is 1. The van der Waals surface area contributed by atoms with Crippen molar-refractivity contribution in [3.05, 3.63) is 50.6 Å². The van der Waals surface area contributed by atoms with Gasteiger partial charge in [-0.2, -0.15) is 0 Å². The molecule has 1 aromatic heterocycles. The number of carbonyl (C=O) groups is 1. The lowest BCUT2D eigenvalue weighted by molar-refractivity contribution is -0.117. The third-order valence-electron chi connectivity index (χ3n) is 4.28. The highest BCUT2D eigenvalue weighted by Gasteiger charge is 2.21. The van der Waals surface area contributed by atoms with Crippen LogP contribution in [0.25, 0.3) is 0 Å². The van der Waals surface area contributed by atoms with Gasteiger partial charge >= 0.3 is 0 Å². The number of rotatable bonds is 7. The average molecular weight is 423 g/mol. The Morgan fingerprint density at radius 2 is 2.32 bits per heavy atom. The predicted molar refractivity (Wildman–Crippen MR) is 106 cm³/mol. The third-order valence-corrected chi connectivity index (χ3v) is 5.63. The molecule has 1 aliphatic heterocycles. The van der Waals surface area contributed by atoms with E-state index in [0.29, 0.717) is 6.54 Å². The van der Waals surface area contributed by atoms with Crippen LogP contribution in [0.2, 0.25) is 0 Å². The second-order valence-electron chi connectivity index (χ2n) is 6.39. The summed E-state index contributed by atoms with van der Waals surface area (Å²) in [6.45, 7) is 4.78. The van der Waals surface area contributed by atoms with E-state index in [9.17, 15) is 4.79 Å². The minimum Gasteiger partial charge on any atom is -0.377 e. The van der Waals surface area contributed by atoms with Gasteiger partial charge in [-0.05, 0) is 55.0 Å². The topological polar surface area (TPSA) is 41.6 Å². The van der Waals surface area contributed by atoms with Crippen molar-refractivity contribution in [3.63, 3.8) is 0 Å². The van der Waals surface area contributed by atoms with Crippen LogP contribution < -0.4 is 5.32 Å². The highest BCUT2D eigenvalue weighted by molar-refractivity contribution is 9.10. The van der Waals surface area contributed by atoms with E-state index >= 15 is 0 Å². The van der Waals surface area contributed by atoms with Crippen LogP contribution in [0.3, 0.4) is 0 Å². The van der Waals surface area contributed by atoms with E-state index in [1.165, 1.54) is 4.88 Å². The largest absolute Gasteiger partial charge is 0.377 e. The molecule has 0 spiro atoms. The van der Waals surface area contributed by atoms with Crippen molar-refractivity contribution in [2.24, 2.45) is 0 Å². The predicted octanol–water partition coefficient (Wildman–Crippen LogP) is 4.44. The van der Waals surface area contributed by atoms with E-state index in [1.807, 2.05) is 25.1 Å². The van der Waals surface area contributed by atoms with E-state index in [1.54, 1.807) is 11.3 Å². The van der Waals surface area contributed by atoms with Crippen molar-refractivity contribution in [1.82, 2.24) is 4.90 Å². The van der Waals surface area contributed by atoms with E-state index < -0.39 is 0 Å². The first-order chi connectivity index (χ1) is 12.1. The van der Waals surface area contributed by atoms with Gasteiger partial charge in [0.15, 0.2) is 0 Å². The normalized spacial score (nSPS) is 17.2. The van der Waals surface area contributed by atoms with Gasteiger partial charge < -0.3 is 10.1 Å². The summed E-state index contributed by atoms with van der Waals surface area (Å²) in [5, 5.41) is 5.11. The van der Waals surface area contributed by atoms with Crippen LogP contribution in [0.5, 0.6) is 0 Å². The minimum absolute atomic E-state index is 0.0139. The molecule has 1 saturated heterocycles. The third kappa shape index (κ3) is 5.64. The summed E-state index contributed by atoms with van der Waals surface area (Å²) >= 11 is 5.18. The molecule has 1 aromatic carbocycles. The Morgan fingerprint density at radius 3 is 3.00 bits per heavy atom. The first-order valence-electron chi connectivity index (χ1n) is 8.52. The number of benzene rings is 1. The maximum atomic E-state index is 12.6. The first-order valence-corrected chi connectivity index (χ1v) is 10.2. The van der Waals surface area contributed by atoms with Crippen molar-refractivity contribution < 1.29 is 9.53 Å². The van der Waals surface area contributed by atoms with Crippen LogP contribution >= 0.6 is 27.3 Å². The molecule has 25 heavy (non-hydrogen) atoms. The summed E-state index contributed by atoms with van der Waals surface area (Å²) in [5.74, 6) is 0.0139. The van der Waals surface area contributed by atoms with Crippen LogP contribution in [0.15, 0.2) is 40.2 Å². The maximum Gasteiger partial charge on any atom is 0.238 e. The Kier molecular flexibility index (Phi) is 6.64. The first kappa shape index (κ1) is 18.6. The van der Waals surface area contributed by atoms with Gasteiger partial charge in [0.05, 0.1) is 12.6 Å². The molecule has 1 atom stereocenters. The molecular weight excluding hydrogens is 400 g/mol. The summed E-state index contributed by atoms with van der Waals surface area (Å²) < 4.78 is 6.77. The minimum atomic E-state index is 0.0139. The molecule has 1 fully saturated rings. The summed E-state index contributed by atoms with van der Waals surface area (Å²) in [6, 6.07) is 10.0. The molecule has 0 saturated carbocycles. The summed E-state index contributed by atoms with van der Waals surface area (Å²) in [5.41, 5.74) is 1.91. The Bertz CT molecular complexity index is 699. The van der Waals surface area contributed by atoms with Gasteiger partial charge in [-0.15, -0.1) is 11.3 Å². The molecule has 1 N–H and O–H groups in total. The van der Waals surface area contributed by atoms with Gasteiger partial charge in [0.25, 0.3) is 0 Å². The number of ether oxygens (including phenoxy) is 1. The maximum absolute atomic E-state index is 12.6. The van der Waals surface area contributed by atoms with Crippen molar-refractivity contribution in [2.75, 3.05) is 25.0 Å². The monoisotopic (exact) mass is 422 g/mol. The lowest BCUT2D eigenvalue weighted by Crippen LogP contribution is -2.37. The molecule has 1 aliphatic rings. The molecule has 0 bridgehead atoms. The number of carbonyl (C=O) groups excluding carboxylic acids is 1. The standard InChI is InChI=1S/C19H23BrN2O2S/c1-14-10-15(20)6-7-18(14)21-19(23)13-22(11-16-4-2-8-24-16)12-17-5-3-9-25-17/h3,5-7,9-10,16H,2,4,8,11-13H2,1H3,(H,21,23). The van der Waals surface area contributed by atoms with Crippen LogP contribution in [0.1, 0.15) is 23.3 Å². The van der Waals surface area contributed by atoms with Crippen LogP contribution in [-0.2, 0) is 16.1 Å². The fourth-order valence-corrected chi connectivity index (χ4v) is 4.27. The van der Waals surface area contributed by atoms with Crippen molar-refractivity contribution in [1.29, 1.82) is 0 Å². The lowest BCUT2D eigenvalue weighted by Gasteiger charge is -2.24. The molecule has 134 valence electrons. The SMILES string of the molecule is Cc1cc(Br)ccc1NC(=O)CN(Cc1cccs1)CC1CCCO1. The number of aryl methyl sites for hydroxylation is 1. The van der Waals surface area contributed by atoms with Gasteiger partial charge in [0.1, 0.15) is 0 Å². The second kappa shape index (κ2) is 8.94. The van der Waals surface area contributed by atoms with Gasteiger partial charge in [0.2, 0.25) is 5.91 Å². The quantitative estimate of drug-likeness (QED) is 0.716. The fraction of sp³-hybridized carbons (Fsp3) is 0.421. The molecule has 1 unspecified atom stereocenters. The Hall–Kier alpha value is -1.21. The number of hydrogen-bond donors (Lipinski definition) is 1. The van der Waals surface area contributed by atoms with E-state index in [-0.39, 0.29) is 12.0 Å². The van der Waals surface area contributed by atoms with Crippen molar-refractivity contribution >= 4 is 38.9 Å². The lowest BCUT2D eigenvalue weighted by atomic mass is 10.2. The molecule has 2 heterocycles. The Morgan fingerprint density at radius 1 is 1.44 bits per heavy atom. The van der Waals surface area contributed by atoms with Crippen LogP contribution in [-0.4, -0.2) is 36.6 Å². The highest BCUT2D eigenvalue weighted by atomic mass is 79.9. The number of halogens is 1. The molecule has 3 rings (SSSR count). The molecule has 1 amide bonds. The summed E-state index contributed by atoms with van der Waals surface area (Å²) in [6.07, 6.45) is 2.43. The van der Waals surface area contributed by atoms with Gasteiger partial charge in [-0.1, -0.05) is 22.0 Å². The molecular formula is C19H23BrN2O2S. The van der Waals surface area contributed by atoms with E-state index in [4.69, 9.17) is 4.74 Å². The van der Waals surface area contributed by atoms with Gasteiger partial charge in [-0.25, -0.2) is 0 Å². The number of thiophene rings is 1. The summed E-state index contributed by atoms with van der Waals surface area (Å²) in [4.78, 5) is 16.0. The Labute approximate surface area is 161 Å². The summed E-state index contributed by atoms with van der Waals surface area (Å²) in [7, 11) is 0. The second-order valence-corrected chi connectivity index (χ2v) is 8.34. The number of nitrogens with zero attached hydrogens (tertiary/aromatic N) is 1. The number of hydrogen-bond acceptors (Lipinski definition) is 4. The van der Waals surface area contributed by atoms with Crippen molar-refractivity contribution in [3.8, 4) is 0 Å². The smallest absolute Gasteiger partial charge is 0.238 e. The van der Waals surface area contributed by atoms with Crippen LogP contribution in [0.4, 0.5) is 5.69 Å². The zero-order chi connectivity index (χ0) is 17.6. The fourth-order valence-electron chi connectivity index (χ4n) is 3.04. The number of amides is 1. The van der Waals surface area contributed by atoms with Crippen molar-refractivity contribution in [2.45, 2.75) is 32.4 Å². The average Bonchev–Trinajstić information content (AvgIpc) is 3.24. The highest BCUT2D eigenvalue weighted by Crippen LogP contribution is 2.21. The number of anilines is 1. The molecule has 6 heteroatoms. The zero-order valence-electron chi connectivity index (χ0n) is 14.3. The molecule has 0 aliphatic carbocycles. The zero-order valence-corrected chi connectivity index (χ0v) is 16.7. The van der Waals surface area contributed by atoms with E-state index in [0.717, 1.165) is 48.3 Å². The van der Waals surface area contributed by atoms with Gasteiger partial charge in [-0.3, -0.25) is 9.69 Å². The Balaban J connectivity index is 1.62. The van der Waals surface area contributed by atoms with Crippen LogP contribution in [0, 0.1) is 6.92 Å².